The third-order valence-electron chi connectivity index (χ3n) is 4.46. The lowest BCUT2D eigenvalue weighted by molar-refractivity contribution is 0.187. The molecule has 0 unspecified atom stereocenters. The van der Waals surface area contributed by atoms with Gasteiger partial charge >= 0.3 is 0 Å². The van der Waals surface area contributed by atoms with E-state index in [1.807, 2.05) is 0 Å². The topological polar surface area (TPSA) is 32.3 Å². The van der Waals surface area contributed by atoms with Crippen LogP contribution in [-0.4, -0.2) is 47.1 Å². The van der Waals surface area contributed by atoms with E-state index in [0.717, 1.165) is 43.6 Å². The van der Waals surface area contributed by atoms with Crippen LogP contribution < -0.4 is 4.90 Å². The van der Waals surface area contributed by atoms with Gasteiger partial charge in [0.1, 0.15) is 17.3 Å². The Morgan fingerprint density at radius 2 is 1.80 bits per heavy atom. The van der Waals surface area contributed by atoms with Crippen LogP contribution in [0.1, 0.15) is 31.2 Å². The van der Waals surface area contributed by atoms with Gasteiger partial charge in [-0.2, -0.15) is 0 Å². The lowest BCUT2D eigenvalue weighted by Gasteiger charge is -2.39. The van der Waals surface area contributed by atoms with Crippen LogP contribution in [0.3, 0.4) is 0 Å². The van der Waals surface area contributed by atoms with Gasteiger partial charge in [0.2, 0.25) is 0 Å². The number of hydrogen-bond acceptors (Lipinski definition) is 4. The minimum Gasteiger partial charge on any atom is -0.354 e. The average Bonchev–Trinajstić information content (AvgIpc) is 3.01. The van der Waals surface area contributed by atoms with E-state index in [9.17, 15) is 0 Å². The molecule has 0 spiro atoms. The first-order chi connectivity index (χ1) is 9.79. The molecule has 0 bridgehead atoms. The molecule has 0 amide bonds. The number of anilines is 1. The van der Waals surface area contributed by atoms with Crippen molar-refractivity contribution >= 4 is 29.0 Å². The Labute approximate surface area is 130 Å². The van der Waals surface area contributed by atoms with Crippen LogP contribution in [0.5, 0.6) is 0 Å². The highest BCUT2D eigenvalue weighted by Crippen LogP contribution is 2.28. The highest BCUT2D eigenvalue weighted by molar-refractivity contribution is 6.31. The fourth-order valence-electron chi connectivity index (χ4n) is 3.34. The molecule has 1 saturated carbocycles. The summed E-state index contributed by atoms with van der Waals surface area (Å²) >= 11 is 12.1. The number of alkyl halides is 1. The highest BCUT2D eigenvalue weighted by atomic mass is 35.5. The SMILES string of the molecule is ClCc1c(Cl)ncnc1N1CCN(C2CCCC2)CC1. The smallest absolute Gasteiger partial charge is 0.138 e. The largest absolute Gasteiger partial charge is 0.354 e. The number of aromatic nitrogens is 2. The van der Waals surface area contributed by atoms with Crippen LogP contribution in [0.25, 0.3) is 0 Å². The zero-order valence-electron chi connectivity index (χ0n) is 11.6. The molecule has 0 N–H and O–H groups in total. The molecule has 1 aromatic heterocycles. The molecule has 110 valence electrons. The van der Waals surface area contributed by atoms with Crippen molar-refractivity contribution in [1.29, 1.82) is 0 Å². The molecule has 20 heavy (non-hydrogen) atoms. The maximum absolute atomic E-state index is 6.11. The zero-order chi connectivity index (χ0) is 13.9. The van der Waals surface area contributed by atoms with Crippen molar-refractivity contribution in [3.05, 3.63) is 17.0 Å². The fraction of sp³-hybridized carbons (Fsp3) is 0.714. The quantitative estimate of drug-likeness (QED) is 0.634. The molecule has 1 saturated heterocycles. The molecule has 1 aliphatic carbocycles. The van der Waals surface area contributed by atoms with Gasteiger partial charge in [0, 0.05) is 37.8 Å². The Kier molecular flexibility index (Phi) is 4.64. The molecule has 4 nitrogen and oxygen atoms in total. The van der Waals surface area contributed by atoms with Crippen LogP contribution in [0.2, 0.25) is 5.15 Å². The molecule has 6 heteroatoms. The summed E-state index contributed by atoms with van der Waals surface area (Å²) in [6.45, 7) is 4.20. The third-order valence-corrected chi connectivity index (χ3v) is 5.05. The van der Waals surface area contributed by atoms with Crippen molar-refractivity contribution in [2.24, 2.45) is 0 Å². The second-order valence-corrected chi connectivity index (χ2v) is 6.19. The summed E-state index contributed by atoms with van der Waals surface area (Å²) in [5.41, 5.74) is 0.852. The molecule has 1 aromatic rings. The maximum atomic E-state index is 6.11. The molecule has 0 atom stereocenters. The van der Waals surface area contributed by atoms with Gasteiger partial charge in [-0.25, -0.2) is 9.97 Å². The number of piperazine rings is 1. The highest BCUT2D eigenvalue weighted by Gasteiger charge is 2.27. The Morgan fingerprint density at radius 1 is 1.10 bits per heavy atom. The van der Waals surface area contributed by atoms with E-state index in [-0.39, 0.29) is 0 Å². The van der Waals surface area contributed by atoms with Crippen molar-refractivity contribution in [1.82, 2.24) is 14.9 Å². The van der Waals surface area contributed by atoms with Crippen molar-refractivity contribution in [2.75, 3.05) is 31.1 Å². The van der Waals surface area contributed by atoms with E-state index >= 15 is 0 Å². The number of halogens is 2. The van der Waals surface area contributed by atoms with Crippen LogP contribution in [0.4, 0.5) is 5.82 Å². The summed E-state index contributed by atoms with van der Waals surface area (Å²) in [7, 11) is 0. The third kappa shape index (κ3) is 2.87. The van der Waals surface area contributed by atoms with Crippen molar-refractivity contribution in [2.45, 2.75) is 37.6 Å². The molecule has 3 rings (SSSR count). The van der Waals surface area contributed by atoms with E-state index in [1.165, 1.54) is 32.0 Å². The summed E-state index contributed by atoms with van der Waals surface area (Å²) in [6, 6.07) is 0.804. The van der Waals surface area contributed by atoms with Gasteiger partial charge in [0.25, 0.3) is 0 Å². The predicted octanol–water partition coefficient (Wildman–Crippen LogP) is 2.93. The molecule has 1 aliphatic heterocycles. The summed E-state index contributed by atoms with van der Waals surface area (Å²) in [5, 5.41) is 0.475. The molecule has 2 heterocycles. The van der Waals surface area contributed by atoms with E-state index in [1.54, 1.807) is 0 Å². The predicted molar refractivity (Wildman–Crippen MR) is 82.6 cm³/mol. The van der Waals surface area contributed by atoms with Crippen molar-refractivity contribution in [3.8, 4) is 0 Å². The number of rotatable bonds is 3. The Balaban J connectivity index is 1.67. The lowest BCUT2D eigenvalue weighted by atomic mass is 10.1. The molecular weight excluding hydrogens is 295 g/mol. The standard InChI is InChI=1S/C14H20Cl2N4/c15-9-12-13(16)17-10-18-14(12)20-7-5-19(6-8-20)11-3-1-2-4-11/h10-11H,1-9H2. The van der Waals surface area contributed by atoms with Gasteiger partial charge in [-0.15, -0.1) is 11.6 Å². The van der Waals surface area contributed by atoms with Crippen LogP contribution in [0.15, 0.2) is 6.33 Å². The average molecular weight is 315 g/mol. The summed E-state index contributed by atoms with van der Waals surface area (Å²) in [6.07, 6.45) is 7.04. The summed E-state index contributed by atoms with van der Waals surface area (Å²) in [4.78, 5) is 13.3. The minimum absolute atomic E-state index is 0.359. The van der Waals surface area contributed by atoms with Gasteiger partial charge in [-0.05, 0) is 12.8 Å². The fourth-order valence-corrected chi connectivity index (χ4v) is 3.85. The van der Waals surface area contributed by atoms with Gasteiger partial charge in [0.15, 0.2) is 0 Å². The van der Waals surface area contributed by atoms with Crippen molar-refractivity contribution in [3.63, 3.8) is 0 Å². The molecule has 2 aliphatic rings. The van der Waals surface area contributed by atoms with Crippen LogP contribution >= 0.6 is 23.2 Å². The van der Waals surface area contributed by atoms with Crippen LogP contribution in [-0.2, 0) is 5.88 Å². The first-order valence-corrected chi connectivity index (χ1v) is 8.25. The first-order valence-electron chi connectivity index (χ1n) is 7.34. The summed E-state index contributed by atoms with van der Waals surface area (Å²) < 4.78 is 0. The number of hydrogen-bond donors (Lipinski definition) is 0. The second kappa shape index (κ2) is 6.46. The molecular formula is C14H20Cl2N4. The van der Waals surface area contributed by atoms with Crippen molar-refractivity contribution < 1.29 is 0 Å². The van der Waals surface area contributed by atoms with E-state index in [0.29, 0.717) is 11.0 Å². The Hall–Kier alpha value is -0.580. The van der Waals surface area contributed by atoms with E-state index in [4.69, 9.17) is 23.2 Å². The van der Waals surface area contributed by atoms with E-state index < -0.39 is 0 Å². The first kappa shape index (κ1) is 14.4. The lowest BCUT2D eigenvalue weighted by Crippen LogP contribution is -2.50. The molecule has 0 aromatic carbocycles. The minimum atomic E-state index is 0.359. The van der Waals surface area contributed by atoms with Gasteiger partial charge < -0.3 is 4.90 Å². The van der Waals surface area contributed by atoms with Gasteiger partial charge in [-0.1, -0.05) is 24.4 Å². The number of nitrogens with zero attached hydrogens (tertiary/aromatic N) is 4. The normalized spacial score (nSPS) is 21.6. The zero-order valence-corrected chi connectivity index (χ0v) is 13.1. The molecule has 2 fully saturated rings. The van der Waals surface area contributed by atoms with Gasteiger partial charge in [-0.3, -0.25) is 4.90 Å². The summed E-state index contributed by atoms with van der Waals surface area (Å²) in [5.74, 6) is 1.27. The van der Waals surface area contributed by atoms with Gasteiger partial charge in [0.05, 0.1) is 5.88 Å². The Bertz CT molecular complexity index is 454. The second-order valence-electron chi connectivity index (χ2n) is 5.56. The Morgan fingerprint density at radius 3 is 2.45 bits per heavy atom. The van der Waals surface area contributed by atoms with E-state index in [2.05, 4.69) is 19.8 Å². The maximum Gasteiger partial charge on any atom is 0.138 e. The monoisotopic (exact) mass is 314 g/mol. The molecule has 0 radical (unpaired) electrons. The van der Waals surface area contributed by atoms with Crippen LogP contribution in [0, 0.1) is 0 Å².